The SMILES string of the molecule is Cc1cc(C)cc(C(=O)OCC(=O)Nc2c(Cl)cccc2Cl)c1. The Hall–Kier alpha value is -2.04. The van der Waals surface area contributed by atoms with E-state index in [0.29, 0.717) is 21.3 Å². The van der Waals surface area contributed by atoms with Gasteiger partial charge in [-0.05, 0) is 38.1 Å². The zero-order chi connectivity index (χ0) is 17.0. The number of ether oxygens (including phenoxy) is 1. The van der Waals surface area contributed by atoms with E-state index in [1.807, 2.05) is 19.9 Å². The molecule has 0 saturated carbocycles. The number of carbonyl (C=O) groups excluding carboxylic acids is 2. The molecule has 1 N–H and O–H groups in total. The summed E-state index contributed by atoms with van der Waals surface area (Å²) in [5, 5.41) is 3.15. The van der Waals surface area contributed by atoms with Crippen LogP contribution in [0.25, 0.3) is 0 Å². The van der Waals surface area contributed by atoms with Crippen molar-refractivity contribution in [3.8, 4) is 0 Å². The molecule has 0 aliphatic rings. The van der Waals surface area contributed by atoms with Gasteiger partial charge in [0.05, 0.1) is 21.3 Å². The Morgan fingerprint density at radius 3 is 2.17 bits per heavy atom. The van der Waals surface area contributed by atoms with Crippen LogP contribution < -0.4 is 5.32 Å². The maximum absolute atomic E-state index is 12.0. The summed E-state index contributed by atoms with van der Waals surface area (Å²) in [6, 6.07) is 10.2. The molecule has 0 heterocycles. The smallest absolute Gasteiger partial charge is 0.338 e. The first-order valence-electron chi connectivity index (χ1n) is 6.86. The number of amides is 1. The quantitative estimate of drug-likeness (QED) is 0.830. The lowest BCUT2D eigenvalue weighted by molar-refractivity contribution is -0.119. The van der Waals surface area contributed by atoms with Crippen molar-refractivity contribution in [2.75, 3.05) is 11.9 Å². The van der Waals surface area contributed by atoms with Crippen LogP contribution in [0.3, 0.4) is 0 Å². The molecule has 2 rings (SSSR count). The van der Waals surface area contributed by atoms with E-state index >= 15 is 0 Å². The van der Waals surface area contributed by atoms with Crippen molar-refractivity contribution in [2.45, 2.75) is 13.8 Å². The number of benzene rings is 2. The Labute approximate surface area is 144 Å². The van der Waals surface area contributed by atoms with Crippen molar-refractivity contribution in [1.29, 1.82) is 0 Å². The van der Waals surface area contributed by atoms with Gasteiger partial charge in [-0.15, -0.1) is 0 Å². The lowest BCUT2D eigenvalue weighted by atomic mass is 10.1. The molecule has 0 aliphatic heterocycles. The Morgan fingerprint density at radius 1 is 1.04 bits per heavy atom. The molecule has 120 valence electrons. The fourth-order valence-corrected chi connectivity index (χ4v) is 2.59. The monoisotopic (exact) mass is 351 g/mol. The minimum absolute atomic E-state index is 0.295. The zero-order valence-electron chi connectivity index (χ0n) is 12.7. The van der Waals surface area contributed by atoms with Crippen molar-refractivity contribution in [2.24, 2.45) is 0 Å². The highest BCUT2D eigenvalue weighted by Crippen LogP contribution is 2.29. The molecule has 0 atom stereocenters. The molecule has 6 heteroatoms. The standard InChI is InChI=1S/C17H15Cl2NO3/c1-10-6-11(2)8-12(7-10)17(22)23-9-15(21)20-16-13(18)4-3-5-14(16)19/h3-8H,9H2,1-2H3,(H,20,21). The summed E-state index contributed by atoms with van der Waals surface area (Å²) in [6.07, 6.45) is 0. The third kappa shape index (κ3) is 4.71. The lowest BCUT2D eigenvalue weighted by Crippen LogP contribution is -2.21. The molecule has 0 fully saturated rings. The Bertz CT molecular complexity index is 719. The van der Waals surface area contributed by atoms with E-state index in [2.05, 4.69) is 5.32 Å². The summed E-state index contributed by atoms with van der Waals surface area (Å²) in [7, 11) is 0. The van der Waals surface area contributed by atoms with Gasteiger partial charge in [0.1, 0.15) is 0 Å². The van der Waals surface area contributed by atoms with Gasteiger partial charge >= 0.3 is 5.97 Å². The van der Waals surface area contributed by atoms with Crippen LogP contribution >= 0.6 is 23.2 Å². The molecule has 1 amide bonds. The second-order valence-corrected chi connectivity index (χ2v) is 5.91. The van der Waals surface area contributed by atoms with E-state index in [0.717, 1.165) is 11.1 Å². The maximum atomic E-state index is 12.0. The first kappa shape index (κ1) is 17.3. The van der Waals surface area contributed by atoms with Gasteiger partial charge in [0.25, 0.3) is 5.91 Å². The van der Waals surface area contributed by atoms with E-state index in [-0.39, 0.29) is 0 Å². The molecule has 0 spiro atoms. The Balaban J connectivity index is 1.97. The topological polar surface area (TPSA) is 55.4 Å². The number of rotatable bonds is 4. The van der Waals surface area contributed by atoms with E-state index in [1.54, 1.807) is 30.3 Å². The summed E-state index contributed by atoms with van der Waals surface area (Å²) in [5.41, 5.74) is 2.60. The third-order valence-corrected chi connectivity index (χ3v) is 3.65. The molecule has 0 radical (unpaired) electrons. The minimum Gasteiger partial charge on any atom is -0.452 e. The largest absolute Gasteiger partial charge is 0.452 e. The van der Waals surface area contributed by atoms with Crippen molar-refractivity contribution in [1.82, 2.24) is 0 Å². The number of carbonyl (C=O) groups is 2. The normalized spacial score (nSPS) is 10.3. The van der Waals surface area contributed by atoms with Crippen LogP contribution in [0.4, 0.5) is 5.69 Å². The number of hydrogen-bond donors (Lipinski definition) is 1. The molecule has 0 aromatic heterocycles. The number of para-hydroxylation sites is 1. The maximum Gasteiger partial charge on any atom is 0.338 e. The zero-order valence-corrected chi connectivity index (χ0v) is 14.2. The third-order valence-electron chi connectivity index (χ3n) is 3.02. The summed E-state index contributed by atoms with van der Waals surface area (Å²) < 4.78 is 5.01. The van der Waals surface area contributed by atoms with Gasteiger partial charge in [0.15, 0.2) is 6.61 Å². The number of anilines is 1. The Morgan fingerprint density at radius 2 is 1.61 bits per heavy atom. The Kier molecular flexibility index (Phi) is 5.64. The van der Waals surface area contributed by atoms with E-state index in [9.17, 15) is 9.59 Å². The number of halogens is 2. The average Bonchev–Trinajstić information content (AvgIpc) is 2.47. The van der Waals surface area contributed by atoms with Crippen molar-refractivity contribution in [3.63, 3.8) is 0 Å². The predicted octanol–water partition coefficient (Wildman–Crippen LogP) is 4.41. The summed E-state index contributed by atoms with van der Waals surface area (Å²) in [4.78, 5) is 23.9. The highest BCUT2D eigenvalue weighted by molar-refractivity contribution is 6.39. The molecule has 2 aromatic carbocycles. The van der Waals surface area contributed by atoms with Crippen molar-refractivity contribution in [3.05, 3.63) is 63.1 Å². The van der Waals surface area contributed by atoms with Crippen LogP contribution in [0.1, 0.15) is 21.5 Å². The van der Waals surface area contributed by atoms with Crippen LogP contribution in [0.15, 0.2) is 36.4 Å². The molecular formula is C17H15Cl2NO3. The van der Waals surface area contributed by atoms with Crippen LogP contribution in [-0.4, -0.2) is 18.5 Å². The van der Waals surface area contributed by atoms with E-state index in [4.69, 9.17) is 27.9 Å². The van der Waals surface area contributed by atoms with Crippen LogP contribution in [-0.2, 0) is 9.53 Å². The molecule has 0 aliphatic carbocycles. The minimum atomic E-state index is -0.558. The predicted molar refractivity (Wildman–Crippen MR) is 91.3 cm³/mol. The number of nitrogens with one attached hydrogen (secondary N) is 1. The van der Waals surface area contributed by atoms with Gasteiger partial charge in [-0.2, -0.15) is 0 Å². The van der Waals surface area contributed by atoms with Gasteiger partial charge in [-0.1, -0.05) is 46.5 Å². The van der Waals surface area contributed by atoms with Crippen molar-refractivity contribution >= 4 is 40.8 Å². The van der Waals surface area contributed by atoms with Crippen LogP contribution in [0, 0.1) is 13.8 Å². The molecule has 0 bridgehead atoms. The van der Waals surface area contributed by atoms with Crippen molar-refractivity contribution < 1.29 is 14.3 Å². The average molecular weight is 352 g/mol. The summed E-state index contributed by atoms with van der Waals surface area (Å²) in [5.74, 6) is -1.07. The van der Waals surface area contributed by atoms with Crippen LogP contribution in [0.2, 0.25) is 10.0 Å². The molecule has 0 saturated heterocycles. The fraction of sp³-hybridized carbons (Fsp3) is 0.176. The van der Waals surface area contributed by atoms with Gasteiger partial charge in [0.2, 0.25) is 0 Å². The molecular weight excluding hydrogens is 337 g/mol. The van der Waals surface area contributed by atoms with E-state index in [1.165, 1.54) is 0 Å². The van der Waals surface area contributed by atoms with Gasteiger partial charge < -0.3 is 10.1 Å². The fourth-order valence-electron chi connectivity index (χ4n) is 2.10. The molecule has 2 aromatic rings. The van der Waals surface area contributed by atoms with Gasteiger partial charge in [0, 0.05) is 0 Å². The van der Waals surface area contributed by atoms with Gasteiger partial charge in [-0.3, -0.25) is 4.79 Å². The van der Waals surface area contributed by atoms with E-state index < -0.39 is 18.5 Å². The first-order valence-corrected chi connectivity index (χ1v) is 7.61. The molecule has 4 nitrogen and oxygen atoms in total. The first-order chi connectivity index (χ1) is 10.9. The second-order valence-electron chi connectivity index (χ2n) is 5.10. The number of hydrogen-bond acceptors (Lipinski definition) is 3. The molecule has 0 unspecified atom stereocenters. The highest BCUT2D eigenvalue weighted by Gasteiger charge is 2.13. The molecule has 23 heavy (non-hydrogen) atoms. The summed E-state index contributed by atoms with van der Waals surface area (Å²) >= 11 is 11.9. The van der Waals surface area contributed by atoms with Crippen LogP contribution in [0.5, 0.6) is 0 Å². The van der Waals surface area contributed by atoms with Gasteiger partial charge in [-0.25, -0.2) is 4.79 Å². The lowest BCUT2D eigenvalue weighted by Gasteiger charge is -2.10. The highest BCUT2D eigenvalue weighted by atomic mass is 35.5. The number of aryl methyl sites for hydroxylation is 2. The second kappa shape index (κ2) is 7.49. The summed E-state index contributed by atoms with van der Waals surface area (Å²) in [6.45, 7) is 3.35. The number of esters is 1.